The van der Waals surface area contributed by atoms with Crippen LogP contribution < -0.4 is 22.2 Å². The molecule has 190 valence electrons. The van der Waals surface area contributed by atoms with E-state index in [9.17, 15) is 24.0 Å². The molecule has 2 aromatic heterocycles. The van der Waals surface area contributed by atoms with Crippen molar-refractivity contribution in [3.63, 3.8) is 0 Å². The normalized spacial score (nSPS) is 11.4. The minimum Gasteiger partial charge on any atom is -0.289 e. The summed E-state index contributed by atoms with van der Waals surface area (Å²) in [6.45, 7) is -0.0388. The first kappa shape index (κ1) is 24.5. The van der Waals surface area contributed by atoms with Gasteiger partial charge in [0, 0.05) is 16.1 Å². The molecule has 0 atom stereocenters. The third-order valence-corrected chi connectivity index (χ3v) is 7.15. The van der Waals surface area contributed by atoms with Gasteiger partial charge in [-0.05, 0) is 41.5 Å². The van der Waals surface area contributed by atoms with Crippen LogP contribution in [0.3, 0.4) is 0 Å². The van der Waals surface area contributed by atoms with Crippen LogP contribution in [0.2, 0.25) is 5.02 Å². The number of ketones is 1. The van der Waals surface area contributed by atoms with E-state index in [1.54, 1.807) is 48.5 Å². The van der Waals surface area contributed by atoms with Crippen molar-refractivity contribution < 1.29 is 4.79 Å². The topological polar surface area (TPSA) is 95.2 Å². The van der Waals surface area contributed by atoms with Crippen LogP contribution in [0.5, 0.6) is 0 Å². The molecule has 0 bridgehead atoms. The lowest BCUT2D eigenvalue weighted by molar-refractivity contribution is 0.104. The Morgan fingerprint density at radius 3 is 1.46 bits per heavy atom. The van der Waals surface area contributed by atoms with Gasteiger partial charge in [-0.25, -0.2) is 0 Å². The maximum Gasteiger partial charge on any atom is 0.262 e. The quantitative estimate of drug-likeness (QED) is 0.302. The van der Waals surface area contributed by atoms with E-state index in [4.69, 9.17) is 11.6 Å². The van der Waals surface area contributed by atoms with Crippen molar-refractivity contribution in [2.45, 2.75) is 13.1 Å². The SMILES string of the molecule is O=C(c1ccc(Cl)cc1)c1c2c(=O)n(Cc3ccccc3)c(=O)c2cc2c(=O)n(Cc3ccccc3)c(=O)c12. The highest BCUT2D eigenvalue weighted by Gasteiger charge is 2.28. The van der Waals surface area contributed by atoms with E-state index in [0.717, 1.165) is 9.13 Å². The maximum atomic E-state index is 13.9. The van der Waals surface area contributed by atoms with E-state index < -0.39 is 28.0 Å². The number of carbonyl (C=O) groups excluding carboxylic acids is 1. The number of fused-ring (bicyclic) bond motifs is 2. The minimum absolute atomic E-state index is 0.0194. The zero-order valence-electron chi connectivity index (χ0n) is 20.4. The first-order valence-corrected chi connectivity index (χ1v) is 12.5. The number of benzene rings is 4. The molecule has 39 heavy (non-hydrogen) atoms. The summed E-state index contributed by atoms with van der Waals surface area (Å²) in [5.41, 5.74) is -1.30. The smallest absolute Gasteiger partial charge is 0.262 e. The predicted octanol–water partition coefficient (Wildman–Crippen LogP) is 3.89. The molecule has 6 aromatic rings. The fraction of sp³-hybridized carbons (Fsp3) is 0.0645. The highest BCUT2D eigenvalue weighted by atomic mass is 35.5. The second-order valence-corrected chi connectivity index (χ2v) is 9.73. The van der Waals surface area contributed by atoms with Gasteiger partial charge in [-0.2, -0.15) is 0 Å². The minimum atomic E-state index is -0.694. The van der Waals surface area contributed by atoms with E-state index >= 15 is 0 Å². The van der Waals surface area contributed by atoms with E-state index in [1.807, 2.05) is 12.1 Å². The molecular formula is C31H19ClN2O5. The van der Waals surface area contributed by atoms with Crippen LogP contribution in [0.4, 0.5) is 0 Å². The Morgan fingerprint density at radius 2 is 1.03 bits per heavy atom. The molecule has 0 radical (unpaired) electrons. The van der Waals surface area contributed by atoms with Crippen LogP contribution in [-0.4, -0.2) is 14.9 Å². The number of aromatic nitrogens is 2. The van der Waals surface area contributed by atoms with Gasteiger partial charge in [0.15, 0.2) is 5.78 Å². The van der Waals surface area contributed by atoms with Gasteiger partial charge in [-0.1, -0.05) is 72.3 Å². The fourth-order valence-electron chi connectivity index (χ4n) is 5.00. The van der Waals surface area contributed by atoms with E-state index in [1.165, 1.54) is 30.3 Å². The van der Waals surface area contributed by atoms with Gasteiger partial charge < -0.3 is 0 Å². The summed E-state index contributed by atoms with van der Waals surface area (Å²) in [6.07, 6.45) is 0. The number of nitrogens with zero attached hydrogens (tertiary/aromatic N) is 2. The van der Waals surface area contributed by atoms with E-state index in [0.29, 0.717) is 16.1 Å². The molecule has 4 aromatic carbocycles. The molecule has 0 saturated carbocycles. The molecule has 7 nitrogen and oxygen atoms in total. The first-order chi connectivity index (χ1) is 18.8. The second kappa shape index (κ2) is 9.45. The second-order valence-electron chi connectivity index (χ2n) is 9.30. The van der Waals surface area contributed by atoms with Gasteiger partial charge in [0.25, 0.3) is 22.2 Å². The molecular weight excluding hydrogens is 516 g/mol. The van der Waals surface area contributed by atoms with Crippen molar-refractivity contribution in [2.24, 2.45) is 0 Å². The molecule has 0 amide bonds. The summed E-state index contributed by atoms with van der Waals surface area (Å²) >= 11 is 6.00. The lowest BCUT2D eigenvalue weighted by atomic mass is 9.95. The molecule has 6 rings (SSSR count). The van der Waals surface area contributed by atoms with Crippen molar-refractivity contribution >= 4 is 38.9 Å². The average Bonchev–Trinajstić information content (AvgIpc) is 3.33. The lowest BCUT2D eigenvalue weighted by Gasteiger charge is -2.05. The van der Waals surface area contributed by atoms with Crippen LogP contribution in [0, 0.1) is 0 Å². The number of halogens is 1. The van der Waals surface area contributed by atoms with Gasteiger partial charge in [0.2, 0.25) is 0 Å². The van der Waals surface area contributed by atoms with Crippen LogP contribution in [-0.2, 0) is 13.1 Å². The molecule has 0 aliphatic carbocycles. The largest absolute Gasteiger partial charge is 0.289 e. The molecule has 2 heterocycles. The van der Waals surface area contributed by atoms with Gasteiger partial charge in [0.1, 0.15) is 0 Å². The molecule has 0 aliphatic rings. The first-order valence-electron chi connectivity index (χ1n) is 12.2. The average molecular weight is 535 g/mol. The van der Waals surface area contributed by atoms with Gasteiger partial charge in [-0.15, -0.1) is 0 Å². The Kier molecular flexibility index (Phi) is 5.93. The molecule has 8 heteroatoms. The van der Waals surface area contributed by atoms with Crippen LogP contribution in [0.1, 0.15) is 27.0 Å². The summed E-state index contributed by atoms with van der Waals surface area (Å²) in [5, 5.41) is -0.0882. The van der Waals surface area contributed by atoms with E-state index in [2.05, 4.69) is 0 Å². The Morgan fingerprint density at radius 1 is 0.590 bits per heavy atom. The van der Waals surface area contributed by atoms with Gasteiger partial charge >= 0.3 is 0 Å². The Labute approximate surface area is 225 Å². The third-order valence-electron chi connectivity index (χ3n) is 6.90. The highest BCUT2D eigenvalue weighted by molar-refractivity contribution is 6.31. The number of hydrogen-bond acceptors (Lipinski definition) is 5. The van der Waals surface area contributed by atoms with Crippen molar-refractivity contribution in [1.82, 2.24) is 9.13 Å². The summed E-state index contributed by atoms with van der Waals surface area (Å²) in [6, 6.07) is 25.1. The highest BCUT2D eigenvalue weighted by Crippen LogP contribution is 2.26. The summed E-state index contributed by atoms with van der Waals surface area (Å²) in [5.74, 6) is -0.648. The van der Waals surface area contributed by atoms with Crippen molar-refractivity contribution in [3.8, 4) is 0 Å². The van der Waals surface area contributed by atoms with Crippen LogP contribution in [0.15, 0.2) is 110 Å². The molecule has 0 unspecified atom stereocenters. The number of hydrogen-bond donors (Lipinski definition) is 0. The summed E-state index contributed by atoms with van der Waals surface area (Å²) in [7, 11) is 0. The molecule has 0 N–H and O–H groups in total. The molecule has 0 spiro atoms. The number of carbonyl (C=O) groups is 1. The Balaban J connectivity index is 1.68. The van der Waals surface area contributed by atoms with E-state index in [-0.39, 0.29) is 45.8 Å². The third kappa shape index (κ3) is 4.04. The Hall–Kier alpha value is -4.88. The van der Waals surface area contributed by atoms with Crippen LogP contribution in [0.25, 0.3) is 21.5 Å². The molecule has 0 aliphatic heterocycles. The predicted molar refractivity (Wildman–Crippen MR) is 151 cm³/mol. The summed E-state index contributed by atoms with van der Waals surface area (Å²) < 4.78 is 2.06. The fourth-order valence-corrected chi connectivity index (χ4v) is 5.13. The van der Waals surface area contributed by atoms with Crippen LogP contribution >= 0.6 is 11.6 Å². The zero-order chi connectivity index (χ0) is 27.3. The lowest BCUT2D eigenvalue weighted by Crippen LogP contribution is -2.27. The monoisotopic (exact) mass is 534 g/mol. The van der Waals surface area contributed by atoms with Gasteiger partial charge in [0.05, 0.1) is 34.6 Å². The van der Waals surface area contributed by atoms with Gasteiger partial charge in [-0.3, -0.25) is 33.1 Å². The van der Waals surface area contributed by atoms with Crippen molar-refractivity contribution in [2.75, 3.05) is 0 Å². The Bertz CT molecular complexity index is 1980. The van der Waals surface area contributed by atoms with Crippen molar-refractivity contribution in [1.29, 1.82) is 0 Å². The maximum absolute atomic E-state index is 13.9. The zero-order valence-corrected chi connectivity index (χ0v) is 21.1. The van der Waals surface area contributed by atoms with Crippen molar-refractivity contribution in [3.05, 3.63) is 160 Å². The molecule has 0 saturated heterocycles. The number of rotatable bonds is 6. The standard InChI is InChI=1S/C31H19ClN2O5/c32-21-13-11-20(12-14-21)27(35)26-24-22(28(36)33(30(24)38)16-18-7-3-1-4-8-18)15-23-25(26)31(39)34(29(23)37)17-19-9-5-2-6-10-19/h1-15H,16-17H2. The summed E-state index contributed by atoms with van der Waals surface area (Å²) in [4.78, 5) is 68.3. The molecule has 0 fully saturated rings.